The van der Waals surface area contributed by atoms with Crippen LogP contribution >= 0.6 is 0 Å². The van der Waals surface area contributed by atoms with Crippen molar-refractivity contribution >= 4 is 23.1 Å². The summed E-state index contributed by atoms with van der Waals surface area (Å²) >= 11 is 0. The molecule has 1 amide bonds. The lowest BCUT2D eigenvalue weighted by atomic mass is 9.89. The first-order valence-electron chi connectivity index (χ1n) is 11.5. The van der Waals surface area contributed by atoms with E-state index in [0.717, 1.165) is 38.8 Å². The molecule has 33 heavy (non-hydrogen) atoms. The molecule has 3 atom stereocenters. The Morgan fingerprint density at radius 2 is 2.03 bits per heavy atom. The van der Waals surface area contributed by atoms with E-state index in [1.54, 1.807) is 17.8 Å². The topological polar surface area (TPSA) is 93.0 Å². The molecule has 2 N–H and O–H groups in total. The fourth-order valence-corrected chi connectivity index (χ4v) is 4.58. The second-order valence-corrected chi connectivity index (χ2v) is 8.62. The number of fused-ring (bicyclic) bond motifs is 1. The Labute approximate surface area is 193 Å². The van der Waals surface area contributed by atoms with Gasteiger partial charge in [0.1, 0.15) is 17.5 Å². The SMILES string of the molecule is CNc1cc(OC2CCCN(c3ccccc3)C2)nc2c(C(=O)N[C@@H]3CC[C@H]3OC)cnn12. The summed E-state index contributed by atoms with van der Waals surface area (Å²) in [5, 5.41) is 10.6. The fourth-order valence-electron chi connectivity index (χ4n) is 4.58. The molecule has 1 aliphatic heterocycles. The van der Waals surface area contributed by atoms with Gasteiger partial charge in [-0.1, -0.05) is 18.2 Å². The van der Waals surface area contributed by atoms with Crippen LogP contribution in [0.5, 0.6) is 5.88 Å². The molecule has 3 heterocycles. The van der Waals surface area contributed by atoms with E-state index in [2.05, 4.69) is 49.9 Å². The lowest BCUT2D eigenvalue weighted by Gasteiger charge is -2.35. The quantitative estimate of drug-likeness (QED) is 0.572. The second kappa shape index (κ2) is 9.27. The lowest BCUT2D eigenvalue weighted by Crippen LogP contribution is -2.51. The number of aromatic nitrogens is 3. The Hall–Kier alpha value is -3.33. The molecule has 1 saturated heterocycles. The molecular formula is C24H30N6O3. The van der Waals surface area contributed by atoms with Gasteiger partial charge in [-0.15, -0.1) is 0 Å². The highest BCUT2D eigenvalue weighted by Gasteiger charge is 2.33. The van der Waals surface area contributed by atoms with Gasteiger partial charge < -0.3 is 25.0 Å². The summed E-state index contributed by atoms with van der Waals surface area (Å²) in [6.45, 7) is 1.80. The minimum absolute atomic E-state index is 0.0104. The van der Waals surface area contributed by atoms with Crippen molar-refractivity contribution in [2.45, 2.75) is 43.9 Å². The van der Waals surface area contributed by atoms with Crippen LogP contribution in [-0.4, -0.2) is 66.0 Å². The van der Waals surface area contributed by atoms with E-state index in [4.69, 9.17) is 9.47 Å². The Kier molecular flexibility index (Phi) is 6.04. The Morgan fingerprint density at radius 3 is 2.76 bits per heavy atom. The lowest BCUT2D eigenvalue weighted by molar-refractivity contribution is 0.00732. The Morgan fingerprint density at radius 1 is 1.18 bits per heavy atom. The van der Waals surface area contributed by atoms with Crippen LogP contribution in [0.1, 0.15) is 36.0 Å². The van der Waals surface area contributed by atoms with Crippen molar-refractivity contribution in [3.05, 3.63) is 48.2 Å². The zero-order chi connectivity index (χ0) is 22.8. The number of anilines is 2. The van der Waals surface area contributed by atoms with E-state index in [1.807, 2.05) is 19.2 Å². The number of piperidine rings is 1. The molecule has 174 valence electrons. The maximum Gasteiger partial charge on any atom is 0.257 e. The number of benzene rings is 1. The highest BCUT2D eigenvalue weighted by Crippen LogP contribution is 2.26. The molecule has 2 aromatic heterocycles. The van der Waals surface area contributed by atoms with Gasteiger partial charge in [0.05, 0.1) is 24.9 Å². The summed E-state index contributed by atoms with van der Waals surface area (Å²) in [5.74, 6) is 0.999. The number of carbonyl (C=O) groups is 1. The number of amides is 1. The van der Waals surface area contributed by atoms with Crippen LogP contribution in [0.4, 0.5) is 11.5 Å². The van der Waals surface area contributed by atoms with Crippen molar-refractivity contribution in [3.63, 3.8) is 0 Å². The molecule has 1 unspecified atom stereocenters. The van der Waals surface area contributed by atoms with Crippen molar-refractivity contribution in [1.82, 2.24) is 19.9 Å². The summed E-state index contributed by atoms with van der Waals surface area (Å²) in [5.41, 5.74) is 2.09. The number of rotatable bonds is 7. The van der Waals surface area contributed by atoms with Gasteiger partial charge in [0.15, 0.2) is 5.65 Å². The second-order valence-electron chi connectivity index (χ2n) is 8.62. The van der Waals surface area contributed by atoms with Gasteiger partial charge in [-0.3, -0.25) is 4.79 Å². The van der Waals surface area contributed by atoms with Gasteiger partial charge in [0.2, 0.25) is 5.88 Å². The predicted molar refractivity (Wildman–Crippen MR) is 126 cm³/mol. The van der Waals surface area contributed by atoms with Gasteiger partial charge in [-0.05, 0) is 37.8 Å². The van der Waals surface area contributed by atoms with E-state index in [0.29, 0.717) is 22.9 Å². The van der Waals surface area contributed by atoms with Gasteiger partial charge in [-0.2, -0.15) is 14.6 Å². The highest BCUT2D eigenvalue weighted by atomic mass is 16.5. The standard InChI is InChI=1S/C24H30N6O3/c1-25-21-13-22(33-17-9-6-12-29(15-17)16-7-4-3-5-8-16)28-23-18(14-26-30(21)23)24(31)27-19-10-11-20(19)32-2/h3-5,7-8,13-14,17,19-20,25H,6,9-12,15H2,1-2H3,(H,27,31)/t17?,19-,20-/m1/s1. The molecule has 1 saturated carbocycles. The van der Waals surface area contributed by atoms with Crippen molar-refractivity contribution in [2.24, 2.45) is 0 Å². The van der Waals surface area contributed by atoms with Crippen molar-refractivity contribution < 1.29 is 14.3 Å². The van der Waals surface area contributed by atoms with Crippen molar-refractivity contribution in [1.29, 1.82) is 0 Å². The Bertz CT molecular complexity index is 1120. The molecule has 9 heteroatoms. The Balaban J connectivity index is 1.36. The molecule has 5 rings (SSSR count). The molecule has 0 radical (unpaired) electrons. The van der Waals surface area contributed by atoms with Crippen molar-refractivity contribution in [2.75, 3.05) is 37.5 Å². The van der Waals surface area contributed by atoms with Gasteiger partial charge in [-0.25, -0.2) is 0 Å². The first-order valence-corrected chi connectivity index (χ1v) is 11.5. The molecule has 0 bridgehead atoms. The summed E-state index contributed by atoms with van der Waals surface area (Å²) in [7, 11) is 3.49. The third-order valence-electron chi connectivity index (χ3n) is 6.57. The molecule has 1 aromatic carbocycles. The number of carbonyl (C=O) groups excluding carboxylic acids is 1. The van der Waals surface area contributed by atoms with E-state index in [9.17, 15) is 4.79 Å². The van der Waals surface area contributed by atoms with Gasteiger partial charge >= 0.3 is 0 Å². The largest absolute Gasteiger partial charge is 0.472 e. The molecule has 1 aliphatic carbocycles. The molecule has 3 aromatic rings. The van der Waals surface area contributed by atoms with E-state index >= 15 is 0 Å². The predicted octanol–water partition coefficient (Wildman–Crippen LogP) is 2.73. The summed E-state index contributed by atoms with van der Waals surface area (Å²) in [6, 6.07) is 12.2. The van der Waals surface area contributed by atoms with E-state index in [1.165, 1.54) is 5.69 Å². The average molecular weight is 451 g/mol. The zero-order valence-corrected chi connectivity index (χ0v) is 19.0. The maximum absolute atomic E-state index is 13.0. The summed E-state index contributed by atoms with van der Waals surface area (Å²) in [4.78, 5) is 20.0. The summed E-state index contributed by atoms with van der Waals surface area (Å²) < 4.78 is 13.4. The number of nitrogens with one attached hydrogen (secondary N) is 2. The molecule has 9 nitrogen and oxygen atoms in total. The van der Waals surface area contributed by atoms with Crippen LogP contribution in [-0.2, 0) is 4.74 Å². The van der Waals surface area contributed by atoms with Crippen LogP contribution in [0.15, 0.2) is 42.6 Å². The highest BCUT2D eigenvalue weighted by molar-refractivity contribution is 6.00. The van der Waals surface area contributed by atoms with Crippen LogP contribution in [0.3, 0.4) is 0 Å². The fraction of sp³-hybridized carbons (Fsp3) is 0.458. The van der Waals surface area contributed by atoms with Gasteiger partial charge in [0, 0.05) is 32.5 Å². The maximum atomic E-state index is 13.0. The molecule has 2 aliphatic rings. The van der Waals surface area contributed by atoms with Crippen LogP contribution in [0.25, 0.3) is 5.65 Å². The third-order valence-corrected chi connectivity index (χ3v) is 6.57. The number of nitrogens with zero attached hydrogens (tertiary/aromatic N) is 4. The first-order chi connectivity index (χ1) is 16.2. The van der Waals surface area contributed by atoms with Crippen LogP contribution in [0, 0.1) is 0 Å². The number of hydrogen-bond donors (Lipinski definition) is 2. The number of ether oxygens (including phenoxy) is 2. The molecule has 0 spiro atoms. The van der Waals surface area contributed by atoms with Crippen LogP contribution < -0.4 is 20.3 Å². The third kappa shape index (κ3) is 4.32. The minimum Gasteiger partial charge on any atom is -0.472 e. The average Bonchev–Trinajstić information content (AvgIpc) is 3.26. The number of methoxy groups -OCH3 is 1. The monoisotopic (exact) mass is 450 g/mol. The zero-order valence-electron chi connectivity index (χ0n) is 19.0. The van der Waals surface area contributed by atoms with E-state index in [-0.39, 0.29) is 24.2 Å². The number of para-hydroxylation sites is 1. The summed E-state index contributed by atoms with van der Waals surface area (Å²) in [6.07, 6.45) is 5.50. The number of hydrogen-bond acceptors (Lipinski definition) is 7. The smallest absolute Gasteiger partial charge is 0.257 e. The normalized spacial score (nSPS) is 22.6. The van der Waals surface area contributed by atoms with Crippen molar-refractivity contribution in [3.8, 4) is 5.88 Å². The molecular weight excluding hydrogens is 420 g/mol. The van der Waals surface area contributed by atoms with Gasteiger partial charge in [0.25, 0.3) is 5.91 Å². The first kappa shape index (κ1) is 21.5. The van der Waals surface area contributed by atoms with Crippen LogP contribution in [0.2, 0.25) is 0 Å². The van der Waals surface area contributed by atoms with E-state index < -0.39 is 0 Å². The minimum atomic E-state index is -0.198. The molecule has 2 fully saturated rings.